The minimum absolute atomic E-state index is 0.112. The monoisotopic (exact) mass is 353 g/mol. The number of methoxy groups -OCH3 is 1. The molecule has 1 aromatic carbocycles. The van der Waals surface area contributed by atoms with Crippen LogP contribution in [-0.4, -0.2) is 25.5 Å². The third-order valence-corrected chi connectivity index (χ3v) is 3.63. The molecule has 1 rings (SSSR count). The van der Waals surface area contributed by atoms with Crippen molar-refractivity contribution in [1.29, 1.82) is 0 Å². The lowest BCUT2D eigenvalue weighted by atomic mass is 10.2. The predicted molar refractivity (Wildman–Crippen MR) is 86.7 cm³/mol. The first-order chi connectivity index (χ1) is 10.1. The Labute approximate surface area is 133 Å². The molecule has 0 aliphatic rings. The topological polar surface area (TPSA) is 55.4 Å². The van der Waals surface area contributed by atoms with Crippen LogP contribution in [0.3, 0.4) is 0 Å². The molecule has 0 aliphatic carbocycles. The molecule has 4 nitrogen and oxygen atoms in total. The smallest absolute Gasteiger partial charge is 0.305 e. The highest BCUT2D eigenvalue weighted by Crippen LogP contribution is 2.16. The van der Waals surface area contributed by atoms with Crippen molar-refractivity contribution in [3.05, 3.63) is 40.4 Å². The molecule has 0 unspecified atom stereocenters. The van der Waals surface area contributed by atoms with Gasteiger partial charge in [-0.1, -0.05) is 40.5 Å². The summed E-state index contributed by atoms with van der Waals surface area (Å²) in [5, 5.41) is 2.82. The molecule has 0 spiro atoms. The molecular formula is C16H20BrNO3. The molecule has 0 aromatic heterocycles. The van der Waals surface area contributed by atoms with Gasteiger partial charge >= 0.3 is 5.97 Å². The van der Waals surface area contributed by atoms with Crippen molar-refractivity contribution in [1.82, 2.24) is 5.32 Å². The summed E-state index contributed by atoms with van der Waals surface area (Å²) in [7, 11) is 1.39. The molecule has 1 amide bonds. The fourth-order valence-corrected chi connectivity index (χ4v) is 2.14. The van der Waals surface area contributed by atoms with E-state index in [2.05, 4.69) is 26.0 Å². The van der Waals surface area contributed by atoms with Gasteiger partial charge < -0.3 is 10.1 Å². The third-order valence-electron chi connectivity index (χ3n) is 2.90. The van der Waals surface area contributed by atoms with E-state index in [1.54, 1.807) is 6.08 Å². The van der Waals surface area contributed by atoms with Gasteiger partial charge in [-0.05, 0) is 30.5 Å². The van der Waals surface area contributed by atoms with E-state index in [9.17, 15) is 9.59 Å². The second-order valence-corrected chi connectivity index (χ2v) is 5.39. The maximum absolute atomic E-state index is 11.6. The number of unbranched alkanes of at least 4 members (excludes halogenated alkanes) is 2. The van der Waals surface area contributed by atoms with Gasteiger partial charge in [0.05, 0.1) is 7.11 Å². The SMILES string of the molecule is COC(=O)CCCCCNC(=O)/C=C/c1ccccc1Br. The van der Waals surface area contributed by atoms with Gasteiger partial charge in [0, 0.05) is 23.5 Å². The molecule has 1 N–H and O–H groups in total. The Morgan fingerprint density at radius 1 is 1.24 bits per heavy atom. The zero-order valence-corrected chi connectivity index (χ0v) is 13.7. The van der Waals surface area contributed by atoms with E-state index in [1.165, 1.54) is 13.2 Å². The third kappa shape index (κ3) is 7.66. The Bertz CT molecular complexity index is 500. The van der Waals surface area contributed by atoms with Crippen molar-refractivity contribution < 1.29 is 14.3 Å². The van der Waals surface area contributed by atoms with Crippen LogP contribution in [-0.2, 0) is 14.3 Å². The molecule has 0 saturated heterocycles. The van der Waals surface area contributed by atoms with Crippen molar-refractivity contribution in [2.45, 2.75) is 25.7 Å². The van der Waals surface area contributed by atoms with Gasteiger partial charge in [-0.3, -0.25) is 9.59 Å². The minimum atomic E-state index is -0.185. The second-order valence-electron chi connectivity index (χ2n) is 4.53. The normalized spacial score (nSPS) is 10.6. The Balaban J connectivity index is 2.17. The van der Waals surface area contributed by atoms with E-state index >= 15 is 0 Å². The molecule has 0 saturated carbocycles. The number of benzene rings is 1. The molecule has 0 aliphatic heterocycles. The van der Waals surface area contributed by atoms with Gasteiger partial charge in [0.25, 0.3) is 0 Å². The predicted octanol–water partition coefficient (Wildman–Crippen LogP) is 3.31. The van der Waals surface area contributed by atoms with E-state index in [0.29, 0.717) is 13.0 Å². The van der Waals surface area contributed by atoms with Crippen molar-refractivity contribution in [2.24, 2.45) is 0 Å². The molecule has 0 heterocycles. The van der Waals surface area contributed by atoms with Crippen LogP contribution < -0.4 is 5.32 Å². The fourth-order valence-electron chi connectivity index (χ4n) is 1.72. The van der Waals surface area contributed by atoms with Gasteiger partial charge in [-0.15, -0.1) is 0 Å². The summed E-state index contributed by atoms with van der Waals surface area (Å²) in [6.07, 6.45) is 6.27. The highest BCUT2D eigenvalue weighted by atomic mass is 79.9. The quantitative estimate of drug-likeness (QED) is 0.443. The summed E-state index contributed by atoms with van der Waals surface area (Å²) in [5.41, 5.74) is 0.964. The first kappa shape index (κ1) is 17.4. The Morgan fingerprint density at radius 3 is 2.71 bits per heavy atom. The van der Waals surface area contributed by atoms with Gasteiger partial charge in [0.1, 0.15) is 0 Å². The van der Waals surface area contributed by atoms with Crippen LogP contribution in [0, 0.1) is 0 Å². The summed E-state index contributed by atoms with van der Waals surface area (Å²) in [5.74, 6) is -0.297. The number of ether oxygens (including phenoxy) is 1. The number of rotatable bonds is 8. The molecule has 0 fully saturated rings. The van der Waals surface area contributed by atoms with Crippen LogP contribution >= 0.6 is 15.9 Å². The molecule has 114 valence electrons. The summed E-state index contributed by atoms with van der Waals surface area (Å²) in [6.45, 7) is 0.611. The molecule has 0 atom stereocenters. The molecule has 0 radical (unpaired) electrons. The fraction of sp³-hybridized carbons (Fsp3) is 0.375. The number of halogens is 1. The maximum Gasteiger partial charge on any atom is 0.305 e. The Kier molecular flexibility index (Phi) is 8.43. The number of esters is 1. The lowest BCUT2D eigenvalue weighted by Crippen LogP contribution is -2.22. The number of hydrogen-bond donors (Lipinski definition) is 1. The standard InChI is InChI=1S/C16H20BrNO3/c1-21-16(20)9-3-2-6-12-18-15(19)11-10-13-7-4-5-8-14(13)17/h4-5,7-8,10-11H,2-3,6,9,12H2,1H3,(H,18,19)/b11-10+. The van der Waals surface area contributed by atoms with E-state index < -0.39 is 0 Å². The minimum Gasteiger partial charge on any atom is -0.469 e. The molecule has 0 bridgehead atoms. The molecule has 5 heteroatoms. The Morgan fingerprint density at radius 2 is 2.00 bits per heavy atom. The van der Waals surface area contributed by atoms with Crippen LogP contribution in [0.15, 0.2) is 34.8 Å². The van der Waals surface area contributed by atoms with Crippen LogP contribution in [0.1, 0.15) is 31.2 Å². The summed E-state index contributed by atoms with van der Waals surface area (Å²) in [4.78, 5) is 22.5. The van der Waals surface area contributed by atoms with E-state index in [0.717, 1.165) is 29.3 Å². The van der Waals surface area contributed by atoms with Crippen LogP contribution in [0.4, 0.5) is 0 Å². The molecule has 21 heavy (non-hydrogen) atoms. The summed E-state index contributed by atoms with van der Waals surface area (Å²) in [6, 6.07) is 7.71. The van der Waals surface area contributed by atoms with Gasteiger partial charge in [0.15, 0.2) is 0 Å². The zero-order valence-electron chi connectivity index (χ0n) is 12.1. The highest BCUT2D eigenvalue weighted by molar-refractivity contribution is 9.10. The summed E-state index contributed by atoms with van der Waals surface area (Å²) >= 11 is 3.42. The zero-order chi connectivity index (χ0) is 15.5. The number of hydrogen-bond acceptors (Lipinski definition) is 3. The van der Waals surface area contributed by atoms with Crippen molar-refractivity contribution >= 4 is 33.9 Å². The summed E-state index contributed by atoms with van der Waals surface area (Å²) < 4.78 is 5.51. The molecular weight excluding hydrogens is 334 g/mol. The van der Waals surface area contributed by atoms with E-state index in [-0.39, 0.29) is 11.9 Å². The van der Waals surface area contributed by atoms with Crippen LogP contribution in [0.25, 0.3) is 6.08 Å². The maximum atomic E-state index is 11.6. The van der Waals surface area contributed by atoms with Gasteiger partial charge in [-0.25, -0.2) is 0 Å². The van der Waals surface area contributed by atoms with Gasteiger partial charge in [-0.2, -0.15) is 0 Å². The number of carbonyl (C=O) groups excluding carboxylic acids is 2. The number of carbonyl (C=O) groups is 2. The van der Waals surface area contributed by atoms with Crippen molar-refractivity contribution in [3.63, 3.8) is 0 Å². The largest absolute Gasteiger partial charge is 0.469 e. The Hall–Kier alpha value is -1.62. The highest BCUT2D eigenvalue weighted by Gasteiger charge is 2.00. The van der Waals surface area contributed by atoms with Crippen molar-refractivity contribution in [2.75, 3.05) is 13.7 Å². The van der Waals surface area contributed by atoms with Crippen molar-refractivity contribution in [3.8, 4) is 0 Å². The number of nitrogens with one attached hydrogen (secondary N) is 1. The second kappa shape index (κ2) is 10.2. The average Bonchev–Trinajstić information content (AvgIpc) is 2.49. The first-order valence-corrected chi connectivity index (χ1v) is 7.70. The first-order valence-electron chi connectivity index (χ1n) is 6.90. The average molecular weight is 354 g/mol. The van der Waals surface area contributed by atoms with E-state index in [4.69, 9.17) is 0 Å². The molecule has 1 aromatic rings. The lowest BCUT2D eigenvalue weighted by molar-refractivity contribution is -0.140. The van der Waals surface area contributed by atoms with E-state index in [1.807, 2.05) is 24.3 Å². The lowest BCUT2D eigenvalue weighted by Gasteiger charge is -2.02. The van der Waals surface area contributed by atoms with Crippen LogP contribution in [0.5, 0.6) is 0 Å². The van der Waals surface area contributed by atoms with Gasteiger partial charge in [0.2, 0.25) is 5.91 Å². The van der Waals surface area contributed by atoms with Crippen LogP contribution in [0.2, 0.25) is 0 Å². The number of amides is 1.